The van der Waals surface area contributed by atoms with Crippen LogP contribution in [0.2, 0.25) is 0 Å². The Morgan fingerprint density at radius 3 is 2.52 bits per heavy atom. The van der Waals surface area contributed by atoms with Crippen molar-refractivity contribution in [1.29, 1.82) is 0 Å². The number of nitrogens with one attached hydrogen (secondary N) is 1. The van der Waals surface area contributed by atoms with E-state index in [9.17, 15) is 0 Å². The van der Waals surface area contributed by atoms with Crippen LogP contribution in [0.25, 0.3) is 0 Å². The van der Waals surface area contributed by atoms with E-state index >= 15 is 0 Å². The van der Waals surface area contributed by atoms with Crippen LogP contribution in [-0.2, 0) is 22.4 Å². The van der Waals surface area contributed by atoms with E-state index < -0.39 is 0 Å². The van der Waals surface area contributed by atoms with E-state index in [1.807, 2.05) is 18.5 Å². The molecule has 0 unspecified atom stereocenters. The van der Waals surface area contributed by atoms with E-state index in [0.29, 0.717) is 38.8 Å². The molecule has 1 aromatic heterocycles. The molecular weight excluding hydrogens is 294 g/mol. The van der Waals surface area contributed by atoms with Crippen LogP contribution in [0.1, 0.15) is 33.4 Å². The standard InChI is InChI=1S/C14H29N5O2.C2H6/c1-13(2)11-16-5-7-20-9-10-21-8-6-19-14(3-4-15)12-17-18-19;1-2/h12-13,16H,3-11,15H2,1-2H3;1-2H3. The number of ether oxygens (including phenoxy) is 2. The van der Waals surface area contributed by atoms with Crippen molar-refractivity contribution in [1.82, 2.24) is 20.3 Å². The summed E-state index contributed by atoms with van der Waals surface area (Å²) in [5.41, 5.74) is 6.58. The first-order valence-electron chi connectivity index (χ1n) is 8.67. The van der Waals surface area contributed by atoms with Gasteiger partial charge >= 0.3 is 0 Å². The van der Waals surface area contributed by atoms with Gasteiger partial charge < -0.3 is 20.5 Å². The van der Waals surface area contributed by atoms with Gasteiger partial charge in [-0.3, -0.25) is 0 Å². The molecule has 1 aromatic rings. The zero-order chi connectivity index (χ0) is 17.3. The van der Waals surface area contributed by atoms with Crippen molar-refractivity contribution >= 4 is 0 Å². The van der Waals surface area contributed by atoms with Crippen molar-refractivity contribution in [2.24, 2.45) is 11.7 Å². The molecule has 0 aliphatic rings. The lowest BCUT2D eigenvalue weighted by atomic mass is 10.2. The molecule has 0 fully saturated rings. The maximum atomic E-state index is 5.53. The molecule has 23 heavy (non-hydrogen) atoms. The van der Waals surface area contributed by atoms with Gasteiger partial charge in [0, 0.05) is 13.0 Å². The predicted molar refractivity (Wildman–Crippen MR) is 93.5 cm³/mol. The fraction of sp³-hybridized carbons (Fsp3) is 0.875. The lowest BCUT2D eigenvalue weighted by Gasteiger charge is -2.09. The molecule has 0 aromatic carbocycles. The number of hydrogen-bond donors (Lipinski definition) is 2. The molecule has 0 aliphatic heterocycles. The first-order valence-corrected chi connectivity index (χ1v) is 8.67. The molecule has 0 aliphatic carbocycles. The van der Waals surface area contributed by atoms with Gasteiger partial charge in [0.2, 0.25) is 0 Å². The third-order valence-electron chi connectivity index (χ3n) is 2.89. The van der Waals surface area contributed by atoms with Gasteiger partial charge in [-0.05, 0) is 19.0 Å². The second-order valence-electron chi connectivity index (χ2n) is 5.31. The molecule has 0 saturated heterocycles. The van der Waals surface area contributed by atoms with Crippen LogP contribution in [0.3, 0.4) is 0 Å². The average molecular weight is 329 g/mol. The SMILES string of the molecule is CC.CC(C)CNCCOCCOCCn1nncc1CCN. The molecule has 136 valence electrons. The summed E-state index contributed by atoms with van der Waals surface area (Å²) in [4.78, 5) is 0. The summed E-state index contributed by atoms with van der Waals surface area (Å²) in [6.07, 6.45) is 2.54. The van der Waals surface area contributed by atoms with Crippen molar-refractivity contribution in [2.45, 2.75) is 40.7 Å². The van der Waals surface area contributed by atoms with Crippen molar-refractivity contribution in [3.63, 3.8) is 0 Å². The Balaban J connectivity index is 0.00000232. The van der Waals surface area contributed by atoms with Gasteiger partial charge in [-0.25, -0.2) is 4.68 Å². The van der Waals surface area contributed by atoms with Crippen LogP contribution in [0, 0.1) is 5.92 Å². The van der Waals surface area contributed by atoms with E-state index in [1.165, 1.54) is 0 Å². The highest BCUT2D eigenvalue weighted by Crippen LogP contribution is 1.96. The van der Waals surface area contributed by atoms with Gasteiger partial charge in [0.1, 0.15) is 0 Å². The molecule has 3 N–H and O–H groups in total. The topological polar surface area (TPSA) is 87.2 Å². The van der Waals surface area contributed by atoms with Crippen LogP contribution >= 0.6 is 0 Å². The minimum absolute atomic E-state index is 0.602. The van der Waals surface area contributed by atoms with Crippen molar-refractivity contribution in [2.75, 3.05) is 46.1 Å². The Hall–Kier alpha value is -1.02. The molecule has 0 atom stereocenters. The van der Waals surface area contributed by atoms with Gasteiger partial charge in [0.25, 0.3) is 0 Å². The molecular formula is C16H35N5O2. The minimum atomic E-state index is 0.602. The largest absolute Gasteiger partial charge is 0.378 e. The number of nitrogens with two attached hydrogens (primary N) is 1. The lowest BCUT2D eigenvalue weighted by Crippen LogP contribution is -2.24. The molecule has 0 bridgehead atoms. The Labute approximate surface area is 140 Å². The average Bonchev–Trinajstić information content (AvgIpc) is 2.98. The van der Waals surface area contributed by atoms with E-state index in [1.54, 1.807) is 6.20 Å². The summed E-state index contributed by atoms with van der Waals surface area (Å²) in [5.74, 6) is 0.675. The Kier molecular flexibility index (Phi) is 15.2. The van der Waals surface area contributed by atoms with Crippen LogP contribution in [0.15, 0.2) is 6.20 Å². The highest BCUT2D eigenvalue weighted by atomic mass is 16.5. The number of rotatable bonds is 13. The second kappa shape index (κ2) is 15.9. The summed E-state index contributed by atoms with van der Waals surface area (Å²) in [7, 11) is 0. The van der Waals surface area contributed by atoms with Crippen molar-refractivity contribution in [3.05, 3.63) is 11.9 Å². The first kappa shape index (κ1) is 22.0. The van der Waals surface area contributed by atoms with Gasteiger partial charge in [-0.15, -0.1) is 5.10 Å². The fourth-order valence-corrected chi connectivity index (χ4v) is 1.82. The zero-order valence-corrected chi connectivity index (χ0v) is 15.3. The first-order chi connectivity index (χ1) is 11.2. The minimum Gasteiger partial charge on any atom is -0.378 e. The number of nitrogens with zero attached hydrogens (tertiary/aromatic N) is 3. The van der Waals surface area contributed by atoms with E-state index in [0.717, 1.165) is 31.8 Å². The van der Waals surface area contributed by atoms with Crippen molar-refractivity contribution < 1.29 is 9.47 Å². The molecule has 1 heterocycles. The zero-order valence-electron chi connectivity index (χ0n) is 15.3. The van der Waals surface area contributed by atoms with Crippen molar-refractivity contribution in [3.8, 4) is 0 Å². The van der Waals surface area contributed by atoms with Gasteiger partial charge in [-0.2, -0.15) is 0 Å². The van der Waals surface area contributed by atoms with Gasteiger partial charge in [-0.1, -0.05) is 32.9 Å². The Morgan fingerprint density at radius 1 is 1.17 bits per heavy atom. The van der Waals surface area contributed by atoms with E-state index in [-0.39, 0.29) is 0 Å². The monoisotopic (exact) mass is 329 g/mol. The molecule has 1 rings (SSSR count). The summed E-state index contributed by atoms with van der Waals surface area (Å²) >= 11 is 0. The van der Waals surface area contributed by atoms with Gasteiger partial charge in [0.05, 0.1) is 44.9 Å². The molecule has 0 saturated carbocycles. The Morgan fingerprint density at radius 2 is 1.87 bits per heavy atom. The lowest BCUT2D eigenvalue weighted by molar-refractivity contribution is 0.0446. The molecule has 0 radical (unpaired) electrons. The Bertz CT molecular complexity index is 358. The molecule has 0 amide bonds. The number of aromatic nitrogens is 3. The molecule has 7 heteroatoms. The highest BCUT2D eigenvalue weighted by Gasteiger charge is 2.02. The summed E-state index contributed by atoms with van der Waals surface area (Å²) < 4.78 is 12.8. The second-order valence-corrected chi connectivity index (χ2v) is 5.31. The van der Waals surface area contributed by atoms with Crippen LogP contribution in [0.4, 0.5) is 0 Å². The fourth-order valence-electron chi connectivity index (χ4n) is 1.82. The maximum absolute atomic E-state index is 5.53. The van der Waals surface area contributed by atoms with Crippen LogP contribution in [0.5, 0.6) is 0 Å². The predicted octanol–water partition coefficient (Wildman–Crippen LogP) is 1.08. The molecule has 7 nitrogen and oxygen atoms in total. The number of hydrogen-bond acceptors (Lipinski definition) is 6. The molecule has 0 spiro atoms. The van der Waals surface area contributed by atoms with Crippen LogP contribution in [-0.4, -0.2) is 61.1 Å². The quantitative estimate of drug-likeness (QED) is 0.527. The smallest absolute Gasteiger partial charge is 0.0725 e. The third kappa shape index (κ3) is 12.1. The van der Waals surface area contributed by atoms with E-state index in [4.69, 9.17) is 15.2 Å². The van der Waals surface area contributed by atoms with Crippen LogP contribution < -0.4 is 11.1 Å². The van der Waals surface area contributed by atoms with E-state index in [2.05, 4.69) is 29.5 Å². The highest BCUT2D eigenvalue weighted by molar-refractivity contribution is 4.94. The summed E-state index contributed by atoms with van der Waals surface area (Å²) in [6.45, 7) is 14.2. The summed E-state index contributed by atoms with van der Waals surface area (Å²) in [6, 6.07) is 0. The maximum Gasteiger partial charge on any atom is 0.0725 e. The third-order valence-corrected chi connectivity index (χ3v) is 2.89. The normalized spacial score (nSPS) is 10.7. The van der Waals surface area contributed by atoms with Gasteiger partial charge in [0.15, 0.2) is 0 Å². The summed E-state index contributed by atoms with van der Waals surface area (Å²) in [5, 5.41) is 11.2.